The summed E-state index contributed by atoms with van der Waals surface area (Å²) >= 11 is 1.50. The van der Waals surface area contributed by atoms with Crippen LogP contribution in [0, 0.1) is 0 Å². The Morgan fingerprint density at radius 1 is 1.33 bits per heavy atom. The van der Waals surface area contributed by atoms with Crippen LogP contribution >= 0.6 is 11.8 Å². The van der Waals surface area contributed by atoms with Crippen LogP contribution < -0.4 is 0 Å². The Morgan fingerprint density at radius 3 is 2.39 bits per heavy atom. The lowest BCUT2D eigenvalue weighted by Crippen LogP contribution is -2.47. The Morgan fingerprint density at radius 2 is 1.94 bits per heavy atom. The zero-order valence-corrected chi connectivity index (χ0v) is 12.4. The van der Waals surface area contributed by atoms with Gasteiger partial charge in [0, 0.05) is 24.9 Å². The van der Waals surface area contributed by atoms with Crippen molar-refractivity contribution < 1.29 is 19.4 Å². The van der Waals surface area contributed by atoms with E-state index in [0.717, 1.165) is 5.75 Å². The number of amides is 1. The SMILES string of the molecule is COCCSCC(=O)N(CCC(=O)O)C(C)(C)C. The van der Waals surface area contributed by atoms with E-state index in [0.29, 0.717) is 12.4 Å². The van der Waals surface area contributed by atoms with Crippen LogP contribution in [0.2, 0.25) is 0 Å². The van der Waals surface area contributed by atoms with E-state index < -0.39 is 5.97 Å². The standard InChI is InChI=1S/C12H23NO4S/c1-12(2,3)13(6-5-11(15)16)10(14)9-18-8-7-17-4/h5-9H2,1-4H3,(H,15,16). The zero-order chi connectivity index (χ0) is 14.2. The Balaban J connectivity index is 4.28. The second-order valence-corrected chi connectivity index (χ2v) is 6.01. The van der Waals surface area contributed by atoms with E-state index in [1.54, 1.807) is 12.0 Å². The van der Waals surface area contributed by atoms with Gasteiger partial charge in [-0.25, -0.2) is 0 Å². The molecule has 0 aromatic rings. The number of thioether (sulfide) groups is 1. The highest BCUT2D eigenvalue weighted by molar-refractivity contribution is 7.99. The van der Waals surface area contributed by atoms with Gasteiger partial charge in [0.05, 0.1) is 18.8 Å². The van der Waals surface area contributed by atoms with E-state index in [1.165, 1.54) is 11.8 Å². The van der Waals surface area contributed by atoms with E-state index in [2.05, 4.69) is 0 Å². The fourth-order valence-electron chi connectivity index (χ4n) is 1.42. The molecule has 6 heteroatoms. The fraction of sp³-hybridized carbons (Fsp3) is 0.833. The maximum absolute atomic E-state index is 12.0. The molecule has 0 bridgehead atoms. The summed E-state index contributed by atoms with van der Waals surface area (Å²) in [4.78, 5) is 24.3. The fourth-order valence-corrected chi connectivity index (χ4v) is 2.18. The summed E-state index contributed by atoms with van der Waals surface area (Å²) < 4.78 is 4.91. The van der Waals surface area contributed by atoms with Crippen LogP contribution in [0.5, 0.6) is 0 Å². The third-order valence-electron chi connectivity index (χ3n) is 2.32. The average Bonchev–Trinajstić information content (AvgIpc) is 2.22. The van der Waals surface area contributed by atoms with Gasteiger partial charge in [0.2, 0.25) is 5.91 Å². The minimum Gasteiger partial charge on any atom is -0.481 e. The first-order chi connectivity index (χ1) is 8.29. The molecule has 1 amide bonds. The van der Waals surface area contributed by atoms with Crippen LogP contribution in [0.3, 0.4) is 0 Å². The van der Waals surface area contributed by atoms with Crippen LogP contribution in [0.15, 0.2) is 0 Å². The lowest BCUT2D eigenvalue weighted by molar-refractivity contribution is -0.139. The molecule has 0 aliphatic rings. The third kappa shape index (κ3) is 7.55. The molecule has 0 fully saturated rings. The van der Waals surface area contributed by atoms with Gasteiger partial charge in [-0.2, -0.15) is 0 Å². The number of hydrogen-bond acceptors (Lipinski definition) is 4. The molecule has 18 heavy (non-hydrogen) atoms. The maximum atomic E-state index is 12.0. The topological polar surface area (TPSA) is 66.8 Å². The summed E-state index contributed by atoms with van der Waals surface area (Å²) in [6, 6.07) is 0. The predicted octanol–water partition coefficient (Wildman–Crippen LogP) is 1.47. The van der Waals surface area contributed by atoms with Crippen molar-refractivity contribution in [2.24, 2.45) is 0 Å². The molecular formula is C12H23NO4S. The molecule has 0 saturated carbocycles. The number of carbonyl (C=O) groups excluding carboxylic acids is 1. The smallest absolute Gasteiger partial charge is 0.305 e. The van der Waals surface area contributed by atoms with Gasteiger partial charge in [0.25, 0.3) is 0 Å². The van der Waals surface area contributed by atoms with E-state index in [-0.39, 0.29) is 24.4 Å². The van der Waals surface area contributed by atoms with Crippen molar-refractivity contribution in [1.82, 2.24) is 4.90 Å². The largest absolute Gasteiger partial charge is 0.481 e. The van der Waals surface area contributed by atoms with Gasteiger partial charge in [-0.1, -0.05) is 0 Å². The van der Waals surface area contributed by atoms with Crippen LogP contribution in [0.4, 0.5) is 0 Å². The molecule has 0 saturated heterocycles. The van der Waals surface area contributed by atoms with Crippen molar-refractivity contribution in [3.63, 3.8) is 0 Å². The number of nitrogens with zero attached hydrogens (tertiary/aromatic N) is 1. The number of carboxylic acid groups (broad SMARTS) is 1. The molecule has 0 radical (unpaired) electrons. The number of ether oxygens (including phenoxy) is 1. The molecule has 5 nitrogen and oxygen atoms in total. The minimum absolute atomic E-state index is 0.0221. The number of carbonyl (C=O) groups is 2. The van der Waals surface area contributed by atoms with Crippen LogP contribution in [0.1, 0.15) is 27.2 Å². The van der Waals surface area contributed by atoms with Gasteiger partial charge >= 0.3 is 5.97 Å². The summed E-state index contributed by atoms with van der Waals surface area (Å²) in [5.74, 6) is 0.216. The maximum Gasteiger partial charge on any atom is 0.305 e. The second kappa shape index (κ2) is 8.37. The number of methoxy groups -OCH3 is 1. The molecule has 0 aromatic heterocycles. The van der Waals surface area contributed by atoms with Crippen molar-refractivity contribution in [2.45, 2.75) is 32.7 Å². The molecule has 0 aliphatic carbocycles. The quantitative estimate of drug-likeness (QED) is 0.680. The Bertz CT molecular complexity index is 276. The Hall–Kier alpha value is -0.750. The summed E-state index contributed by atoms with van der Waals surface area (Å²) in [6.07, 6.45) is -0.0221. The van der Waals surface area contributed by atoms with E-state index in [9.17, 15) is 9.59 Å². The van der Waals surface area contributed by atoms with Crippen molar-refractivity contribution in [3.05, 3.63) is 0 Å². The predicted molar refractivity (Wildman–Crippen MR) is 72.9 cm³/mol. The Labute approximate surface area is 113 Å². The molecule has 106 valence electrons. The number of rotatable bonds is 8. The summed E-state index contributed by atoms with van der Waals surface area (Å²) in [7, 11) is 1.62. The van der Waals surface area contributed by atoms with E-state index in [1.807, 2.05) is 20.8 Å². The van der Waals surface area contributed by atoms with Gasteiger partial charge in [-0.3, -0.25) is 9.59 Å². The van der Waals surface area contributed by atoms with E-state index in [4.69, 9.17) is 9.84 Å². The monoisotopic (exact) mass is 277 g/mol. The molecule has 0 aromatic carbocycles. The third-order valence-corrected chi connectivity index (χ3v) is 3.22. The second-order valence-electron chi connectivity index (χ2n) is 4.91. The highest BCUT2D eigenvalue weighted by atomic mass is 32.2. The highest BCUT2D eigenvalue weighted by Gasteiger charge is 2.26. The molecule has 0 aliphatic heterocycles. The summed E-state index contributed by atoms with van der Waals surface area (Å²) in [5, 5.41) is 8.70. The molecule has 0 spiro atoms. The molecule has 0 rings (SSSR count). The van der Waals surface area contributed by atoms with Crippen LogP contribution in [-0.4, -0.2) is 59.2 Å². The highest BCUT2D eigenvalue weighted by Crippen LogP contribution is 2.16. The number of hydrogen-bond donors (Lipinski definition) is 1. The van der Waals surface area contributed by atoms with Crippen molar-refractivity contribution >= 4 is 23.6 Å². The van der Waals surface area contributed by atoms with E-state index >= 15 is 0 Å². The van der Waals surface area contributed by atoms with Gasteiger partial charge in [0.15, 0.2) is 0 Å². The minimum atomic E-state index is -0.885. The first-order valence-electron chi connectivity index (χ1n) is 5.88. The average molecular weight is 277 g/mol. The summed E-state index contributed by atoms with van der Waals surface area (Å²) in [5.41, 5.74) is -0.353. The number of aliphatic carboxylic acids is 1. The Kier molecular flexibility index (Phi) is 8.02. The molecule has 0 heterocycles. The molecule has 0 unspecified atom stereocenters. The van der Waals surface area contributed by atoms with Crippen LogP contribution in [-0.2, 0) is 14.3 Å². The van der Waals surface area contributed by atoms with Gasteiger partial charge in [0.1, 0.15) is 0 Å². The first-order valence-corrected chi connectivity index (χ1v) is 7.03. The lowest BCUT2D eigenvalue weighted by Gasteiger charge is -2.35. The van der Waals surface area contributed by atoms with Gasteiger partial charge in [-0.15, -0.1) is 11.8 Å². The molecule has 1 N–H and O–H groups in total. The van der Waals surface area contributed by atoms with Crippen molar-refractivity contribution in [1.29, 1.82) is 0 Å². The van der Waals surface area contributed by atoms with Gasteiger partial charge < -0.3 is 14.7 Å². The van der Waals surface area contributed by atoms with Crippen molar-refractivity contribution in [2.75, 3.05) is 31.8 Å². The summed E-state index contributed by atoms with van der Waals surface area (Å²) in [6.45, 7) is 6.59. The van der Waals surface area contributed by atoms with Gasteiger partial charge in [-0.05, 0) is 20.8 Å². The first kappa shape index (κ1) is 17.2. The molecular weight excluding hydrogens is 254 g/mol. The number of carboxylic acids is 1. The van der Waals surface area contributed by atoms with Crippen LogP contribution in [0.25, 0.3) is 0 Å². The molecule has 0 atom stereocenters. The lowest BCUT2D eigenvalue weighted by atomic mass is 10.1. The van der Waals surface area contributed by atoms with Crippen molar-refractivity contribution in [3.8, 4) is 0 Å². The normalized spacial score (nSPS) is 11.3. The zero-order valence-electron chi connectivity index (χ0n) is 11.6.